The van der Waals surface area contributed by atoms with Gasteiger partial charge in [-0.1, -0.05) is 11.6 Å². The van der Waals surface area contributed by atoms with E-state index in [1.54, 1.807) is 0 Å². The van der Waals surface area contributed by atoms with E-state index in [1.807, 2.05) is 0 Å². The van der Waals surface area contributed by atoms with Crippen LogP contribution in [0, 0.1) is 0 Å². The summed E-state index contributed by atoms with van der Waals surface area (Å²) < 4.78 is 64.8. The first-order chi connectivity index (χ1) is 13.1. The lowest BCUT2D eigenvalue weighted by Crippen LogP contribution is -2.27. The van der Waals surface area contributed by atoms with Crippen molar-refractivity contribution in [1.29, 1.82) is 0 Å². The monoisotopic (exact) mass is 432 g/mol. The third-order valence-corrected chi connectivity index (χ3v) is 6.60. The van der Waals surface area contributed by atoms with Crippen LogP contribution < -0.4 is 5.32 Å². The molecule has 2 aromatic carbocycles. The summed E-state index contributed by atoms with van der Waals surface area (Å²) in [6.45, 7) is 0.914. The van der Waals surface area contributed by atoms with Gasteiger partial charge in [-0.25, -0.2) is 8.42 Å². The van der Waals surface area contributed by atoms with Crippen molar-refractivity contribution in [3.63, 3.8) is 0 Å². The number of nitrogens with zero attached hydrogens (tertiary/aromatic N) is 1. The maximum Gasteiger partial charge on any atom is 0.416 e. The van der Waals surface area contributed by atoms with E-state index in [2.05, 4.69) is 5.32 Å². The molecule has 1 aliphatic rings. The molecule has 1 aliphatic heterocycles. The molecule has 1 heterocycles. The second-order valence-electron chi connectivity index (χ2n) is 6.28. The number of benzene rings is 2. The number of carbonyl (C=O) groups is 1. The molecule has 2 aromatic rings. The second-order valence-corrected chi connectivity index (χ2v) is 8.63. The lowest BCUT2D eigenvalue weighted by molar-refractivity contribution is -0.137. The van der Waals surface area contributed by atoms with Crippen LogP contribution in [-0.4, -0.2) is 31.7 Å². The van der Waals surface area contributed by atoms with E-state index in [-0.39, 0.29) is 21.2 Å². The van der Waals surface area contributed by atoms with E-state index in [0.717, 1.165) is 31.0 Å². The molecular weight excluding hydrogens is 417 g/mol. The number of anilines is 1. The average Bonchev–Trinajstić information content (AvgIpc) is 3.18. The standard InChI is InChI=1S/C18H16ClF3N2O3S/c19-15-8-5-13(18(20,21)22)11-16(15)23-17(25)12-3-6-14(7-4-12)28(26,27)24-9-1-2-10-24/h3-8,11H,1-2,9-10H2,(H,23,25). The van der Waals surface area contributed by atoms with E-state index in [9.17, 15) is 26.4 Å². The number of amides is 1. The predicted octanol–water partition coefficient (Wildman–Crippen LogP) is 4.40. The molecule has 1 saturated heterocycles. The van der Waals surface area contributed by atoms with E-state index in [4.69, 9.17) is 11.6 Å². The van der Waals surface area contributed by atoms with Gasteiger partial charge in [-0.2, -0.15) is 17.5 Å². The van der Waals surface area contributed by atoms with Gasteiger partial charge in [-0.15, -0.1) is 0 Å². The largest absolute Gasteiger partial charge is 0.416 e. The topological polar surface area (TPSA) is 66.5 Å². The van der Waals surface area contributed by atoms with Gasteiger partial charge in [0.1, 0.15) is 0 Å². The number of halogens is 4. The summed E-state index contributed by atoms with van der Waals surface area (Å²) in [5.41, 5.74) is -1.04. The minimum absolute atomic E-state index is 0.0467. The van der Waals surface area contributed by atoms with E-state index >= 15 is 0 Å². The third-order valence-electron chi connectivity index (χ3n) is 4.36. The molecule has 5 nitrogen and oxygen atoms in total. The number of nitrogens with one attached hydrogen (secondary N) is 1. The number of alkyl halides is 3. The van der Waals surface area contributed by atoms with Crippen molar-refractivity contribution >= 4 is 33.2 Å². The van der Waals surface area contributed by atoms with Gasteiger partial charge in [0.15, 0.2) is 0 Å². The van der Waals surface area contributed by atoms with E-state index in [0.29, 0.717) is 13.1 Å². The maximum atomic E-state index is 12.8. The summed E-state index contributed by atoms with van der Waals surface area (Å²) in [7, 11) is -3.61. The third kappa shape index (κ3) is 4.31. The Labute approximate surface area is 165 Å². The van der Waals surface area contributed by atoms with Gasteiger partial charge >= 0.3 is 6.18 Å². The van der Waals surface area contributed by atoms with E-state index < -0.39 is 27.7 Å². The highest BCUT2D eigenvalue weighted by molar-refractivity contribution is 7.89. The number of rotatable bonds is 4. The average molecular weight is 433 g/mol. The zero-order chi connectivity index (χ0) is 20.5. The molecular formula is C18H16ClF3N2O3S. The zero-order valence-corrected chi connectivity index (χ0v) is 16.0. The van der Waals surface area contributed by atoms with Gasteiger partial charge in [0, 0.05) is 18.7 Å². The minimum atomic E-state index is -4.57. The zero-order valence-electron chi connectivity index (χ0n) is 14.5. The molecule has 28 heavy (non-hydrogen) atoms. The summed E-state index contributed by atoms with van der Waals surface area (Å²) in [5.74, 6) is -0.702. The molecule has 3 rings (SSSR count). The fourth-order valence-electron chi connectivity index (χ4n) is 2.85. The highest BCUT2D eigenvalue weighted by atomic mass is 35.5. The quantitative estimate of drug-likeness (QED) is 0.779. The second kappa shape index (κ2) is 7.73. The van der Waals surface area contributed by atoms with Crippen molar-refractivity contribution in [2.24, 2.45) is 0 Å². The number of hydrogen-bond acceptors (Lipinski definition) is 3. The van der Waals surface area contributed by atoms with Crippen molar-refractivity contribution in [3.05, 3.63) is 58.6 Å². The van der Waals surface area contributed by atoms with Gasteiger partial charge in [0.25, 0.3) is 5.91 Å². The summed E-state index contributed by atoms with van der Waals surface area (Å²) in [6, 6.07) is 7.82. The van der Waals surface area contributed by atoms with Crippen LogP contribution in [0.3, 0.4) is 0 Å². The molecule has 150 valence electrons. The van der Waals surface area contributed by atoms with Crippen LogP contribution in [-0.2, 0) is 16.2 Å². The molecule has 0 aliphatic carbocycles. The van der Waals surface area contributed by atoms with Crippen molar-refractivity contribution in [1.82, 2.24) is 4.31 Å². The fourth-order valence-corrected chi connectivity index (χ4v) is 4.53. The molecule has 1 fully saturated rings. The van der Waals surface area contributed by atoms with E-state index in [1.165, 1.54) is 28.6 Å². The maximum absolute atomic E-state index is 12.8. The number of sulfonamides is 1. The molecule has 0 bridgehead atoms. The van der Waals surface area contributed by atoms with Crippen molar-refractivity contribution in [3.8, 4) is 0 Å². The van der Waals surface area contributed by atoms with Crippen LogP contribution in [0.2, 0.25) is 5.02 Å². The van der Waals surface area contributed by atoms with Crippen LogP contribution in [0.4, 0.5) is 18.9 Å². The molecule has 0 spiro atoms. The first kappa shape index (κ1) is 20.6. The first-order valence-corrected chi connectivity index (χ1v) is 10.2. The Morgan fingerprint density at radius 3 is 2.21 bits per heavy atom. The Bertz CT molecular complexity index is 986. The Balaban J connectivity index is 1.79. The predicted molar refractivity (Wildman–Crippen MR) is 98.8 cm³/mol. The molecule has 0 atom stereocenters. The molecule has 0 saturated carbocycles. The Morgan fingerprint density at radius 1 is 1.04 bits per heavy atom. The number of carbonyl (C=O) groups excluding carboxylic acids is 1. The van der Waals surface area contributed by atoms with Gasteiger partial charge in [0.2, 0.25) is 10.0 Å². The van der Waals surface area contributed by atoms with Crippen LogP contribution in [0.5, 0.6) is 0 Å². The molecule has 0 aromatic heterocycles. The summed E-state index contributed by atoms with van der Waals surface area (Å²) in [5, 5.41) is 2.27. The molecule has 1 N–H and O–H groups in total. The van der Waals surface area contributed by atoms with Crippen LogP contribution in [0.15, 0.2) is 47.4 Å². The normalized spacial score (nSPS) is 15.6. The van der Waals surface area contributed by atoms with Gasteiger partial charge in [0.05, 0.1) is 21.2 Å². The van der Waals surface area contributed by atoms with Crippen LogP contribution in [0.25, 0.3) is 0 Å². The minimum Gasteiger partial charge on any atom is -0.321 e. The Morgan fingerprint density at radius 2 is 1.64 bits per heavy atom. The van der Waals surface area contributed by atoms with Gasteiger partial charge in [-0.05, 0) is 55.3 Å². The fraction of sp³-hybridized carbons (Fsp3) is 0.278. The number of hydrogen-bond donors (Lipinski definition) is 1. The first-order valence-electron chi connectivity index (χ1n) is 8.37. The highest BCUT2D eigenvalue weighted by Gasteiger charge is 2.31. The van der Waals surface area contributed by atoms with Crippen LogP contribution >= 0.6 is 11.6 Å². The lowest BCUT2D eigenvalue weighted by atomic mass is 10.1. The van der Waals surface area contributed by atoms with Crippen molar-refractivity contribution in [2.45, 2.75) is 23.9 Å². The molecule has 0 radical (unpaired) electrons. The smallest absolute Gasteiger partial charge is 0.321 e. The van der Waals surface area contributed by atoms with Gasteiger partial charge < -0.3 is 5.32 Å². The molecule has 0 unspecified atom stereocenters. The highest BCUT2D eigenvalue weighted by Crippen LogP contribution is 2.34. The lowest BCUT2D eigenvalue weighted by Gasteiger charge is -2.15. The summed E-state index contributed by atoms with van der Waals surface area (Å²) in [4.78, 5) is 12.4. The van der Waals surface area contributed by atoms with Crippen molar-refractivity contribution < 1.29 is 26.4 Å². The van der Waals surface area contributed by atoms with Crippen molar-refractivity contribution in [2.75, 3.05) is 18.4 Å². The Kier molecular flexibility index (Phi) is 5.69. The van der Waals surface area contributed by atoms with Crippen LogP contribution in [0.1, 0.15) is 28.8 Å². The van der Waals surface area contributed by atoms with Gasteiger partial charge in [-0.3, -0.25) is 4.79 Å². The summed E-state index contributed by atoms with van der Waals surface area (Å²) in [6.07, 6.45) is -2.97. The SMILES string of the molecule is O=C(Nc1cc(C(F)(F)F)ccc1Cl)c1ccc(S(=O)(=O)N2CCCC2)cc1. The molecule has 10 heteroatoms. The summed E-state index contributed by atoms with van der Waals surface area (Å²) >= 11 is 5.87. The molecule has 1 amide bonds. The Hall–Kier alpha value is -2.10.